The van der Waals surface area contributed by atoms with Crippen molar-refractivity contribution in [3.8, 4) is 21.7 Å². The van der Waals surface area contributed by atoms with Gasteiger partial charge in [-0.1, -0.05) is 23.7 Å². The molecule has 6 rings (SSSR count). The van der Waals surface area contributed by atoms with Crippen molar-refractivity contribution in [2.45, 2.75) is 65.2 Å². The lowest BCUT2D eigenvalue weighted by molar-refractivity contribution is -0.166. The molecule has 0 radical (unpaired) electrons. The molecule has 0 spiro atoms. The topological polar surface area (TPSA) is 69.5 Å². The number of thiazole rings is 1. The zero-order valence-corrected chi connectivity index (χ0v) is 27.8. The van der Waals surface area contributed by atoms with Crippen LogP contribution in [-0.4, -0.2) is 57.7 Å². The number of halogens is 1. The molecule has 2 aromatic heterocycles. The fourth-order valence-corrected chi connectivity index (χ4v) is 7.35. The van der Waals surface area contributed by atoms with E-state index in [9.17, 15) is 4.79 Å². The Hall–Kier alpha value is -3.30. The molecular formula is C35H39ClN4O3S. The van der Waals surface area contributed by atoms with Crippen molar-refractivity contribution in [2.24, 2.45) is 0 Å². The van der Waals surface area contributed by atoms with Gasteiger partial charge in [0, 0.05) is 27.8 Å². The maximum absolute atomic E-state index is 13.4. The SMILES string of the molecule is CCOC(=O)[C@@H](OC(C)(C)C)c1c(C)cc2nc(-c3ccc4c(c3)ncn4C3CCN(C)CC3)sc2c1-c1ccc(Cl)cc1. The molecule has 0 bridgehead atoms. The molecular weight excluding hydrogens is 592 g/mol. The zero-order chi connectivity index (χ0) is 31.2. The molecule has 0 saturated carbocycles. The molecule has 1 aliphatic heterocycles. The number of carbonyl (C=O) groups is 1. The first-order valence-corrected chi connectivity index (χ1v) is 16.4. The van der Waals surface area contributed by atoms with Crippen molar-refractivity contribution in [1.82, 2.24) is 19.4 Å². The average molecular weight is 631 g/mol. The van der Waals surface area contributed by atoms with Gasteiger partial charge in [-0.25, -0.2) is 14.8 Å². The molecule has 1 saturated heterocycles. The third kappa shape index (κ3) is 6.13. The maximum Gasteiger partial charge on any atom is 0.339 e. The van der Waals surface area contributed by atoms with Crippen molar-refractivity contribution < 1.29 is 14.3 Å². The highest BCUT2D eigenvalue weighted by molar-refractivity contribution is 7.22. The lowest BCUT2D eigenvalue weighted by Gasteiger charge is -2.30. The highest BCUT2D eigenvalue weighted by atomic mass is 35.5. The summed E-state index contributed by atoms with van der Waals surface area (Å²) >= 11 is 7.91. The number of carbonyl (C=O) groups excluding carboxylic acids is 1. The number of ether oxygens (including phenoxy) is 2. The predicted molar refractivity (Wildman–Crippen MR) is 180 cm³/mol. The number of nitrogens with zero attached hydrogens (tertiary/aromatic N) is 4. The van der Waals surface area contributed by atoms with Gasteiger partial charge in [0.15, 0.2) is 6.10 Å². The minimum absolute atomic E-state index is 0.265. The maximum atomic E-state index is 13.4. The molecule has 0 N–H and O–H groups in total. The van der Waals surface area contributed by atoms with Gasteiger partial charge in [-0.3, -0.25) is 0 Å². The average Bonchev–Trinajstić information content (AvgIpc) is 3.60. The van der Waals surface area contributed by atoms with E-state index in [1.807, 2.05) is 65.2 Å². The summed E-state index contributed by atoms with van der Waals surface area (Å²) in [6.45, 7) is 12.1. The highest BCUT2D eigenvalue weighted by Crippen LogP contribution is 2.45. The van der Waals surface area contributed by atoms with Gasteiger partial charge in [0.25, 0.3) is 0 Å². The summed E-state index contributed by atoms with van der Waals surface area (Å²) in [6, 6.07) is 16.7. The van der Waals surface area contributed by atoms with E-state index in [4.69, 9.17) is 31.0 Å². The lowest BCUT2D eigenvalue weighted by Crippen LogP contribution is -2.31. The summed E-state index contributed by atoms with van der Waals surface area (Å²) < 4.78 is 15.3. The van der Waals surface area contributed by atoms with E-state index in [-0.39, 0.29) is 6.61 Å². The second-order valence-corrected chi connectivity index (χ2v) is 14.0. The van der Waals surface area contributed by atoms with Crippen LogP contribution in [-0.2, 0) is 14.3 Å². The van der Waals surface area contributed by atoms with Crippen LogP contribution in [0.25, 0.3) is 42.9 Å². The van der Waals surface area contributed by atoms with Crippen LogP contribution in [0.4, 0.5) is 0 Å². The third-order valence-corrected chi connectivity index (χ3v) is 9.59. The van der Waals surface area contributed by atoms with Gasteiger partial charge in [-0.2, -0.15) is 0 Å². The Morgan fingerprint density at radius 3 is 2.45 bits per heavy atom. The number of benzene rings is 3. The summed E-state index contributed by atoms with van der Waals surface area (Å²) in [6.07, 6.45) is 3.34. The van der Waals surface area contributed by atoms with E-state index < -0.39 is 17.7 Å². The third-order valence-electron chi connectivity index (χ3n) is 8.20. The molecule has 7 nitrogen and oxygen atoms in total. The molecule has 0 amide bonds. The minimum Gasteiger partial charge on any atom is -0.464 e. The normalized spacial score (nSPS) is 15.7. The van der Waals surface area contributed by atoms with Gasteiger partial charge in [0.2, 0.25) is 0 Å². The Balaban J connectivity index is 1.49. The van der Waals surface area contributed by atoms with Crippen molar-refractivity contribution in [3.05, 3.63) is 71.0 Å². The number of rotatable bonds is 7. The van der Waals surface area contributed by atoms with Crippen LogP contribution in [0.3, 0.4) is 0 Å². The van der Waals surface area contributed by atoms with Crippen LogP contribution >= 0.6 is 22.9 Å². The number of esters is 1. The first kappa shape index (κ1) is 30.7. The number of hydrogen-bond acceptors (Lipinski definition) is 7. The van der Waals surface area contributed by atoms with Gasteiger partial charge in [-0.05, 0) is 115 Å². The molecule has 5 aromatic rings. The Bertz CT molecular complexity index is 1810. The summed E-state index contributed by atoms with van der Waals surface area (Å²) in [4.78, 5) is 25.7. The first-order valence-electron chi connectivity index (χ1n) is 15.2. The van der Waals surface area contributed by atoms with Crippen LogP contribution in [0.2, 0.25) is 5.02 Å². The van der Waals surface area contributed by atoms with Crippen LogP contribution in [0.5, 0.6) is 0 Å². The standard InChI is InChI=1S/C35H39ClN4O3S/c1-7-42-34(41)31(43-35(3,4)5)29-21(2)18-27-32(30(29)22-8-11-24(36)12-9-22)44-33(38-27)23-10-13-28-26(19-23)37-20-40(28)25-14-16-39(6)17-15-25/h8-13,18-20,25,31H,7,14-17H2,1-6H3/t31-/m0/s1. The smallest absolute Gasteiger partial charge is 0.339 e. The molecule has 3 aromatic carbocycles. The highest BCUT2D eigenvalue weighted by Gasteiger charge is 2.33. The fraction of sp³-hybridized carbons (Fsp3) is 0.400. The van der Waals surface area contributed by atoms with Crippen molar-refractivity contribution >= 4 is 50.2 Å². The van der Waals surface area contributed by atoms with E-state index in [2.05, 4.69) is 40.8 Å². The van der Waals surface area contributed by atoms with E-state index in [0.717, 1.165) is 80.0 Å². The molecule has 9 heteroatoms. The Morgan fingerprint density at radius 2 is 1.77 bits per heavy atom. The first-order chi connectivity index (χ1) is 21.0. The molecule has 3 heterocycles. The Kier molecular flexibility index (Phi) is 8.54. The van der Waals surface area contributed by atoms with E-state index in [1.54, 1.807) is 11.3 Å². The number of aryl methyl sites for hydroxylation is 1. The zero-order valence-electron chi connectivity index (χ0n) is 26.2. The predicted octanol–water partition coefficient (Wildman–Crippen LogP) is 8.63. The second kappa shape index (κ2) is 12.2. The summed E-state index contributed by atoms with van der Waals surface area (Å²) in [5, 5.41) is 1.54. The van der Waals surface area contributed by atoms with E-state index in [0.29, 0.717) is 11.1 Å². The number of imidazole rings is 1. The van der Waals surface area contributed by atoms with Crippen LogP contribution in [0.15, 0.2) is 54.9 Å². The molecule has 1 fully saturated rings. The van der Waals surface area contributed by atoms with Crippen LogP contribution in [0.1, 0.15) is 63.8 Å². The summed E-state index contributed by atoms with van der Waals surface area (Å²) in [5.74, 6) is -0.407. The molecule has 0 unspecified atom stereocenters. The van der Waals surface area contributed by atoms with Gasteiger partial charge < -0.3 is 18.9 Å². The summed E-state index contributed by atoms with van der Waals surface area (Å²) in [7, 11) is 2.18. The Morgan fingerprint density at radius 1 is 1.07 bits per heavy atom. The van der Waals surface area contributed by atoms with Crippen molar-refractivity contribution in [2.75, 3.05) is 26.7 Å². The molecule has 0 aliphatic carbocycles. The molecule has 44 heavy (non-hydrogen) atoms. The number of likely N-dealkylation sites (tertiary alicyclic amines) is 1. The molecule has 230 valence electrons. The molecule has 1 aliphatic rings. The van der Waals surface area contributed by atoms with Gasteiger partial charge in [-0.15, -0.1) is 11.3 Å². The minimum atomic E-state index is -0.907. The lowest BCUT2D eigenvalue weighted by atomic mass is 9.91. The number of fused-ring (bicyclic) bond motifs is 2. The van der Waals surface area contributed by atoms with Crippen molar-refractivity contribution in [1.29, 1.82) is 0 Å². The molecule has 1 atom stereocenters. The van der Waals surface area contributed by atoms with E-state index >= 15 is 0 Å². The number of aromatic nitrogens is 3. The largest absolute Gasteiger partial charge is 0.464 e. The Labute approximate surface area is 267 Å². The quantitative estimate of drug-likeness (QED) is 0.168. The van der Waals surface area contributed by atoms with Crippen LogP contribution < -0.4 is 0 Å². The monoisotopic (exact) mass is 630 g/mol. The number of hydrogen-bond donors (Lipinski definition) is 0. The fourth-order valence-electron chi connectivity index (χ4n) is 6.10. The number of piperidine rings is 1. The van der Waals surface area contributed by atoms with Crippen LogP contribution in [0, 0.1) is 6.92 Å². The second-order valence-electron chi connectivity index (χ2n) is 12.6. The van der Waals surface area contributed by atoms with Gasteiger partial charge >= 0.3 is 5.97 Å². The van der Waals surface area contributed by atoms with Gasteiger partial charge in [0.05, 0.1) is 39.8 Å². The van der Waals surface area contributed by atoms with Gasteiger partial charge in [0.1, 0.15) is 5.01 Å². The van der Waals surface area contributed by atoms with E-state index in [1.165, 1.54) is 0 Å². The van der Waals surface area contributed by atoms with Crippen molar-refractivity contribution in [3.63, 3.8) is 0 Å². The summed E-state index contributed by atoms with van der Waals surface area (Å²) in [5.41, 5.74) is 6.97.